The highest BCUT2D eigenvalue weighted by molar-refractivity contribution is 5.84. The summed E-state index contributed by atoms with van der Waals surface area (Å²) >= 11 is 0. The molecular weight excluding hydrogens is 414 g/mol. The van der Waals surface area contributed by atoms with E-state index in [4.69, 9.17) is 4.74 Å². The van der Waals surface area contributed by atoms with Crippen LogP contribution >= 0.6 is 0 Å². The van der Waals surface area contributed by atoms with Crippen LogP contribution in [-0.4, -0.2) is 47.5 Å². The van der Waals surface area contributed by atoms with Crippen LogP contribution in [0.2, 0.25) is 0 Å². The number of nitrogens with zero attached hydrogens (tertiary/aromatic N) is 1. The monoisotopic (exact) mass is 439 g/mol. The standard InChI is InChI=1S/C23H25F4NO3/c1-3-18-16(13-17-14-19(24)22(17,30)23(25,26)27)11-7-8-12-28(18)21(29)20(31-2)15-9-5-4-6-10-15/h3-6,9-10,13-14,19-20,30H,7-8,11-12H2,1-2H3/b16-13-,18-3+/t19?,20-,22?/m0/s1. The van der Waals surface area contributed by atoms with E-state index >= 15 is 0 Å². The van der Waals surface area contributed by atoms with Gasteiger partial charge in [0.25, 0.3) is 5.91 Å². The van der Waals surface area contributed by atoms with E-state index in [1.165, 1.54) is 12.0 Å². The molecule has 31 heavy (non-hydrogen) atoms. The van der Waals surface area contributed by atoms with Gasteiger partial charge in [0.2, 0.25) is 5.60 Å². The van der Waals surface area contributed by atoms with Crippen molar-refractivity contribution in [3.63, 3.8) is 0 Å². The molecule has 3 rings (SSSR count). The van der Waals surface area contributed by atoms with Gasteiger partial charge in [-0.25, -0.2) is 4.39 Å². The zero-order valence-corrected chi connectivity index (χ0v) is 17.3. The fourth-order valence-corrected chi connectivity index (χ4v) is 4.01. The molecule has 0 bridgehead atoms. The Bertz CT molecular complexity index is 907. The van der Waals surface area contributed by atoms with E-state index in [-0.39, 0.29) is 5.91 Å². The lowest BCUT2D eigenvalue weighted by molar-refractivity contribution is -0.265. The van der Waals surface area contributed by atoms with Gasteiger partial charge < -0.3 is 14.7 Å². The van der Waals surface area contributed by atoms with Crippen molar-refractivity contribution in [2.75, 3.05) is 13.7 Å². The van der Waals surface area contributed by atoms with Crippen LogP contribution < -0.4 is 0 Å². The smallest absolute Gasteiger partial charge is 0.374 e. The zero-order chi connectivity index (χ0) is 22.8. The SMILES string of the molecule is C/C=C1\C(=C/C2=CC(F)C2(O)C(F)(F)F)CCCCN1C(=O)[C@@H](OC)c1ccccc1. The van der Waals surface area contributed by atoms with Crippen molar-refractivity contribution in [2.45, 2.75) is 50.2 Å². The second kappa shape index (κ2) is 8.96. The van der Waals surface area contributed by atoms with Crippen LogP contribution in [0.15, 0.2) is 65.4 Å². The first-order chi connectivity index (χ1) is 14.6. The number of amides is 1. The van der Waals surface area contributed by atoms with Gasteiger partial charge in [-0.2, -0.15) is 13.2 Å². The van der Waals surface area contributed by atoms with E-state index in [1.807, 2.05) is 6.07 Å². The van der Waals surface area contributed by atoms with Crippen LogP contribution in [-0.2, 0) is 9.53 Å². The Kier molecular flexibility index (Phi) is 6.71. The Labute approximate surface area is 178 Å². The second-order valence-electron chi connectivity index (χ2n) is 7.60. The molecule has 0 aromatic heterocycles. The maximum Gasteiger partial charge on any atom is 0.424 e. The summed E-state index contributed by atoms with van der Waals surface area (Å²) in [6, 6.07) is 8.91. The number of alkyl halides is 4. The Balaban J connectivity index is 1.95. The highest BCUT2D eigenvalue weighted by atomic mass is 19.4. The molecule has 1 amide bonds. The van der Waals surface area contributed by atoms with Crippen molar-refractivity contribution in [2.24, 2.45) is 0 Å². The molecule has 1 heterocycles. The molecule has 1 aliphatic carbocycles. The van der Waals surface area contributed by atoms with E-state index in [0.717, 1.165) is 12.2 Å². The molecule has 2 unspecified atom stereocenters. The molecule has 3 atom stereocenters. The van der Waals surface area contributed by atoms with E-state index < -0.39 is 29.6 Å². The number of benzene rings is 1. The molecule has 1 aliphatic heterocycles. The molecule has 0 saturated carbocycles. The third kappa shape index (κ3) is 4.19. The molecule has 1 saturated heterocycles. The molecular formula is C23H25F4NO3. The maximum atomic E-state index is 13.7. The molecule has 1 aromatic carbocycles. The van der Waals surface area contributed by atoms with Gasteiger partial charge in [0.05, 0.1) is 0 Å². The number of rotatable bonds is 4. The highest BCUT2D eigenvalue weighted by Crippen LogP contribution is 2.48. The number of halogens is 4. The van der Waals surface area contributed by atoms with Gasteiger partial charge >= 0.3 is 6.18 Å². The number of allylic oxidation sites excluding steroid dienone is 2. The summed E-state index contributed by atoms with van der Waals surface area (Å²) in [5.74, 6) is -0.341. The first-order valence-corrected chi connectivity index (χ1v) is 10.1. The lowest BCUT2D eigenvalue weighted by atomic mass is 9.76. The Hall–Kier alpha value is -2.45. The minimum Gasteiger partial charge on any atom is -0.374 e. The molecule has 0 spiro atoms. The van der Waals surface area contributed by atoms with Crippen LogP contribution in [0.1, 0.15) is 37.9 Å². The molecule has 4 nitrogen and oxygen atoms in total. The third-order valence-corrected chi connectivity index (χ3v) is 5.73. The number of hydrogen-bond donors (Lipinski definition) is 1. The van der Waals surface area contributed by atoms with Crippen molar-refractivity contribution >= 4 is 5.91 Å². The Morgan fingerprint density at radius 3 is 2.52 bits per heavy atom. The van der Waals surface area contributed by atoms with Crippen molar-refractivity contribution in [3.05, 3.63) is 71.0 Å². The van der Waals surface area contributed by atoms with Crippen molar-refractivity contribution in [3.8, 4) is 0 Å². The van der Waals surface area contributed by atoms with E-state index in [0.29, 0.717) is 42.6 Å². The molecule has 1 N–H and O–H groups in total. The Morgan fingerprint density at radius 1 is 1.29 bits per heavy atom. The van der Waals surface area contributed by atoms with E-state index in [1.54, 1.807) is 37.3 Å². The summed E-state index contributed by atoms with van der Waals surface area (Å²) in [7, 11) is 1.42. The topological polar surface area (TPSA) is 49.8 Å². The van der Waals surface area contributed by atoms with Crippen molar-refractivity contribution < 1.29 is 32.2 Å². The number of likely N-dealkylation sites (tertiary alicyclic amines) is 1. The highest BCUT2D eigenvalue weighted by Gasteiger charge is 2.65. The summed E-state index contributed by atoms with van der Waals surface area (Å²) in [4.78, 5) is 14.8. The number of aliphatic hydroxyl groups is 1. The fraction of sp³-hybridized carbons (Fsp3) is 0.435. The second-order valence-corrected chi connectivity index (χ2v) is 7.60. The number of hydrogen-bond acceptors (Lipinski definition) is 3. The van der Waals surface area contributed by atoms with E-state index in [9.17, 15) is 27.5 Å². The minimum atomic E-state index is -5.14. The van der Waals surface area contributed by atoms with Crippen LogP contribution in [0.5, 0.6) is 0 Å². The molecule has 1 aromatic rings. The van der Waals surface area contributed by atoms with Crippen LogP contribution in [0.3, 0.4) is 0 Å². The summed E-state index contributed by atoms with van der Waals surface area (Å²) in [6.45, 7) is 2.05. The lowest BCUT2D eigenvalue weighted by Gasteiger charge is -2.40. The number of carbonyl (C=O) groups is 1. The van der Waals surface area contributed by atoms with Gasteiger partial charge in [-0.15, -0.1) is 0 Å². The van der Waals surface area contributed by atoms with Crippen LogP contribution in [0.4, 0.5) is 17.6 Å². The molecule has 8 heteroatoms. The molecule has 2 aliphatic rings. The first-order valence-electron chi connectivity index (χ1n) is 10.1. The molecule has 168 valence electrons. The summed E-state index contributed by atoms with van der Waals surface area (Å²) in [6.07, 6.45) is -3.30. The summed E-state index contributed by atoms with van der Waals surface area (Å²) in [5.41, 5.74) is -2.53. The van der Waals surface area contributed by atoms with Crippen LogP contribution in [0.25, 0.3) is 0 Å². The normalized spacial score (nSPS) is 28.2. The minimum absolute atomic E-state index is 0.341. The Morgan fingerprint density at radius 2 is 1.97 bits per heavy atom. The fourth-order valence-electron chi connectivity index (χ4n) is 4.01. The zero-order valence-electron chi connectivity index (χ0n) is 17.3. The van der Waals surface area contributed by atoms with Gasteiger partial charge in [-0.1, -0.05) is 42.5 Å². The predicted molar refractivity (Wildman–Crippen MR) is 108 cm³/mol. The largest absolute Gasteiger partial charge is 0.424 e. The van der Waals surface area contributed by atoms with E-state index in [2.05, 4.69) is 0 Å². The molecule has 1 fully saturated rings. The summed E-state index contributed by atoms with van der Waals surface area (Å²) in [5, 5.41) is 9.95. The van der Waals surface area contributed by atoms with Crippen molar-refractivity contribution in [1.82, 2.24) is 4.90 Å². The first kappa shape index (κ1) is 23.2. The quantitative estimate of drug-likeness (QED) is 0.687. The number of methoxy groups -OCH3 is 1. The van der Waals surface area contributed by atoms with Gasteiger partial charge in [0.15, 0.2) is 12.3 Å². The number of ether oxygens (including phenoxy) is 1. The number of carbonyl (C=O) groups excluding carboxylic acids is 1. The van der Waals surface area contributed by atoms with Crippen molar-refractivity contribution in [1.29, 1.82) is 0 Å². The maximum absolute atomic E-state index is 13.7. The van der Waals surface area contributed by atoms with Gasteiger partial charge in [0, 0.05) is 19.4 Å². The molecule has 0 radical (unpaired) electrons. The lowest BCUT2D eigenvalue weighted by Crippen LogP contribution is -2.58. The third-order valence-electron chi connectivity index (χ3n) is 5.73. The average Bonchev–Trinajstić information content (AvgIpc) is 2.95. The summed E-state index contributed by atoms with van der Waals surface area (Å²) < 4.78 is 59.0. The van der Waals surface area contributed by atoms with Crippen LogP contribution in [0, 0.1) is 0 Å². The average molecular weight is 439 g/mol. The van der Waals surface area contributed by atoms with Gasteiger partial charge in [0.1, 0.15) is 0 Å². The predicted octanol–water partition coefficient (Wildman–Crippen LogP) is 4.79. The van der Waals surface area contributed by atoms with Gasteiger partial charge in [-0.05, 0) is 49.0 Å². The van der Waals surface area contributed by atoms with Gasteiger partial charge in [-0.3, -0.25) is 4.79 Å².